The van der Waals surface area contributed by atoms with Gasteiger partial charge in [0.05, 0.1) is 5.52 Å². The number of hydrogen-bond donors (Lipinski definition) is 2. The number of nitrogens with zero attached hydrogens (tertiary/aromatic N) is 2. The Labute approximate surface area is 164 Å². The number of cyclic esters (lactones) is 1. The van der Waals surface area contributed by atoms with Crippen molar-refractivity contribution in [1.82, 2.24) is 9.58 Å². The molecule has 2 bridgehead atoms. The summed E-state index contributed by atoms with van der Waals surface area (Å²) in [6.07, 6.45) is 2.02. The molecule has 0 aliphatic carbocycles. The summed E-state index contributed by atoms with van der Waals surface area (Å²) in [7, 11) is 3.45. The van der Waals surface area contributed by atoms with Crippen LogP contribution in [0.5, 0.6) is 0 Å². The molecule has 0 saturated carbocycles. The number of carbonyl (C=O) groups excluding carboxylic acids is 2. The molecule has 8 nitrogen and oxygen atoms in total. The van der Waals surface area contributed by atoms with Crippen LogP contribution < -0.4 is 11.2 Å². The van der Waals surface area contributed by atoms with Crippen molar-refractivity contribution in [2.75, 3.05) is 19.5 Å². The molecule has 0 amide bonds. The lowest BCUT2D eigenvalue weighted by Gasteiger charge is -2.40. The second-order valence-electron chi connectivity index (χ2n) is 8.33. The van der Waals surface area contributed by atoms with Crippen molar-refractivity contribution >= 4 is 22.8 Å². The number of rotatable bonds is 3. The monoisotopic (exact) mass is 388 g/mol. The van der Waals surface area contributed by atoms with Gasteiger partial charge < -0.3 is 15.2 Å². The summed E-state index contributed by atoms with van der Waals surface area (Å²) in [4.78, 5) is 26.9. The molecule has 0 spiro atoms. The van der Waals surface area contributed by atoms with Crippen LogP contribution in [0.4, 0.5) is 0 Å². The van der Waals surface area contributed by atoms with Crippen molar-refractivity contribution in [3.05, 3.63) is 36.0 Å². The molecule has 3 N–H and O–H groups in total. The first kappa shape index (κ1) is 20.2. The fourth-order valence-electron chi connectivity index (χ4n) is 3.28. The van der Waals surface area contributed by atoms with Crippen molar-refractivity contribution < 1.29 is 19.1 Å². The zero-order valence-corrected chi connectivity index (χ0v) is 17.0. The van der Waals surface area contributed by atoms with E-state index in [1.807, 2.05) is 30.5 Å². The van der Waals surface area contributed by atoms with Crippen LogP contribution >= 0.6 is 0 Å². The maximum Gasteiger partial charge on any atom is 0.326 e. The largest absolute Gasteiger partial charge is 0.460 e. The number of nitrogens with two attached hydrogens (primary N) is 1. The second kappa shape index (κ2) is 7.10. The van der Waals surface area contributed by atoms with Crippen LogP contribution in [0.15, 0.2) is 30.5 Å². The molecule has 1 aliphatic rings. The molecule has 0 saturated heterocycles. The van der Waals surface area contributed by atoms with Crippen molar-refractivity contribution in [3.63, 3.8) is 0 Å². The number of benzene rings is 1. The van der Waals surface area contributed by atoms with Crippen LogP contribution in [0.2, 0.25) is 0 Å². The van der Waals surface area contributed by atoms with E-state index < -0.39 is 29.4 Å². The quantitative estimate of drug-likeness (QED) is 0.770. The van der Waals surface area contributed by atoms with E-state index in [1.54, 1.807) is 44.4 Å². The van der Waals surface area contributed by atoms with E-state index in [-0.39, 0.29) is 6.42 Å². The lowest BCUT2D eigenvalue weighted by atomic mass is 10.1. The fourth-order valence-corrected chi connectivity index (χ4v) is 3.28. The summed E-state index contributed by atoms with van der Waals surface area (Å²) < 4.78 is 13.0. The van der Waals surface area contributed by atoms with Crippen LogP contribution in [0, 0.1) is 0 Å². The van der Waals surface area contributed by atoms with E-state index in [9.17, 15) is 9.59 Å². The zero-order valence-electron chi connectivity index (χ0n) is 17.0. The van der Waals surface area contributed by atoms with Crippen molar-refractivity contribution in [2.24, 2.45) is 5.73 Å². The molecule has 1 aromatic carbocycles. The van der Waals surface area contributed by atoms with Gasteiger partial charge in [-0.1, -0.05) is 18.2 Å². The highest BCUT2D eigenvalue weighted by atomic mass is 16.6. The van der Waals surface area contributed by atoms with E-state index in [1.165, 1.54) is 0 Å². The SMILES string of the molecule is CN(C)C1(CC(=O)OC(C)(C)C)Nn2cc(c3ccccc32)CC(N)C(=O)O1. The smallest absolute Gasteiger partial charge is 0.326 e. The number of hydrogen-bond acceptors (Lipinski definition) is 7. The Morgan fingerprint density at radius 3 is 2.71 bits per heavy atom. The summed E-state index contributed by atoms with van der Waals surface area (Å²) in [5, 5.41) is 0.991. The van der Waals surface area contributed by atoms with Crippen LogP contribution in [-0.2, 0) is 25.5 Å². The first-order valence-electron chi connectivity index (χ1n) is 9.26. The molecule has 2 unspecified atom stereocenters. The normalized spacial score (nSPS) is 22.8. The molecule has 3 rings (SSSR count). The predicted molar refractivity (Wildman–Crippen MR) is 106 cm³/mol. The van der Waals surface area contributed by atoms with Gasteiger partial charge in [0.2, 0.25) is 0 Å². The highest BCUT2D eigenvalue weighted by molar-refractivity contribution is 5.86. The minimum absolute atomic E-state index is 0.211. The summed E-state index contributed by atoms with van der Waals surface area (Å²) in [6, 6.07) is 6.94. The average molecular weight is 388 g/mol. The molecular formula is C20H28N4O4. The lowest BCUT2D eigenvalue weighted by molar-refractivity contribution is -0.187. The van der Waals surface area contributed by atoms with Gasteiger partial charge in [0, 0.05) is 18.0 Å². The first-order chi connectivity index (χ1) is 13.0. The third-order valence-electron chi connectivity index (χ3n) is 4.63. The summed E-state index contributed by atoms with van der Waals surface area (Å²) >= 11 is 0. The predicted octanol–water partition coefficient (Wildman–Crippen LogP) is 1.56. The minimum Gasteiger partial charge on any atom is -0.460 e. The number of ether oxygens (including phenoxy) is 2. The van der Waals surface area contributed by atoms with Gasteiger partial charge in [0.1, 0.15) is 18.1 Å². The summed E-state index contributed by atoms with van der Waals surface area (Å²) in [5.74, 6) is -2.54. The number of fused-ring (bicyclic) bond motifs is 5. The highest BCUT2D eigenvalue weighted by Crippen LogP contribution is 2.28. The second-order valence-corrected chi connectivity index (χ2v) is 8.33. The zero-order chi connectivity index (χ0) is 20.7. The number of para-hydroxylation sites is 1. The van der Waals surface area contributed by atoms with Crippen LogP contribution in [0.3, 0.4) is 0 Å². The Morgan fingerprint density at radius 2 is 2.07 bits per heavy atom. The number of esters is 2. The fraction of sp³-hybridized carbons (Fsp3) is 0.500. The van der Waals surface area contributed by atoms with E-state index in [0.29, 0.717) is 6.42 Å². The Bertz CT molecular complexity index is 899. The maximum atomic E-state index is 12.7. The number of carbonyl (C=O) groups is 2. The van der Waals surface area contributed by atoms with Crippen LogP contribution in [-0.4, -0.2) is 53.1 Å². The van der Waals surface area contributed by atoms with Gasteiger partial charge >= 0.3 is 11.9 Å². The van der Waals surface area contributed by atoms with E-state index in [0.717, 1.165) is 16.5 Å². The molecule has 1 aromatic heterocycles. The average Bonchev–Trinajstić information content (AvgIpc) is 2.91. The molecule has 2 heterocycles. The third kappa shape index (κ3) is 3.98. The molecule has 8 heteroatoms. The Kier molecular flexibility index (Phi) is 5.12. The topological polar surface area (TPSA) is 98.8 Å². The Morgan fingerprint density at radius 1 is 1.39 bits per heavy atom. The Hall–Kier alpha value is -2.58. The number of aromatic nitrogens is 1. The van der Waals surface area contributed by atoms with E-state index in [2.05, 4.69) is 5.43 Å². The highest BCUT2D eigenvalue weighted by Gasteiger charge is 2.43. The summed E-state index contributed by atoms with van der Waals surface area (Å²) in [6.45, 7) is 5.37. The van der Waals surface area contributed by atoms with Crippen molar-refractivity contribution in [1.29, 1.82) is 0 Å². The standard InChI is InChI=1S/C20H28N4O4/c1-19(2,3)27-17(25)11-20(23(4)5)22-24-12-13(10-15(21)18(26)28-20)14-8-6-7-9-16(14)24/h6-9,12,15,22H,10-11,21H2,1-5H3. The molecule has 152 valence electrons. The van der Waals surface area contributed by atoms with Gasteiger partial charge in [-0.05, 0) is 46.5 Å². The van der Waals surface area contributed by atoms with Gasteiger partial charge in [-0.3, -0.25) is 24.6 Å². The minimum atomic E-state index is -1.46. The van der Waals surface area contributed by atoms with E-state index >= 15 is 0 Å². The summed E-state index contributed by atoms with van der Waals surface area (Å²) in [5.41, 5.74) is 10.5. The van der Waals surface area contributed by atoms with Gasteiger partial charge in [-0.25, -0.2) is 0 Å². The molecule has 2 atom stereocenters. The van der Waals surface area contributed by atoms with Gasteiger partial charge in [0.25, 0.3) is 5.85 Å². The lowest BCUT2D eigenvalue weighted by Crippen LogP contribution is -2.60. The third-order valence-corrected chi connectivity index (χ3v) is 4.63. The Balaban J connectivity index is 2.08. The van der Waals surface area contributed by atoms with Crippen molar-refractivity contribution in [2.45, 2.75) is 51.1 Å². The maximum absolute atomic E-state index is 12.7. The molecule has 0 fully saturated rings. The molecule has 1 aliphatic heterocycles. The number of nitrogens with one attached hydrogen (secondary N) is 1. The van der Waals surface area contributed by atoms with Gasteiger partial charge in [-0.2, -0.15) is 0 Å². The molecule has 2 aromatic rings. The van der Waals surface area contributed by atoms with Gasteiger partial charge in [0.15, 0.2) is 0 Å². The molecular weight excluding hydrogens is 360 g/mol. The van der Waals surface area contributed by atoms with E-state index in [4.69, 9.17) is 15.2 Å². The first-order valence-corrected chi connectivity index (χ1v) is 9.26. The molecule has 28 heavy (non-hydrogen) atoms. The van der Waals surface area contributed by atoms with Crippen LogP contribution in [0.25, 0.3) is 10.9 Å². The van der Waals surface area contributed by atoms with Crippen molar-refractivity contribution in [3.8, 4) is 0 Å². The van der Waals surface area contributed by atoms with Crippen LogP contribution in [0.1, 0.15) is 32.8 Å². The van der Waals surface area contributed by atoms with Gasteiger partial charge in [-0.15, -0.1) is 0 Å². The molecule has 0 radical (unpaired) electrons.